The Morgan fingerprint density at radius 3 is 2.48 bits per heavy atom. The summed E-state index contributed by atoms with van der Waals surface area (Å²) in [4.78, 5) is 12.7. The van der Waals surface area contributed by atoms with Crippen molar-refractivity contribution < 1.29 is 22.7 Å². The third-order valence-electron chi connectivity index (χ3n) is 4.35. The predicted molar refractivity (Wildman–Crippen MR) is 111 cm³/mol. The lowest BCUT2D eigenvalue weighted by atomic mass is 10.0. The Kier molecular flexibility index (Phi) is 6.66. The molecule has 0 aliphatic carbocycles. The Morgan fingerprint density at radius 2 is 1.79 bits per heavy atom. The van der Waals surface area contributed by atoms with E-state index in [0.717, 1.165) is 0 Å². The molecule has 2 aromatic carbocycles. The summed E-state index contributed by atoms with van der Waals surface area (Å²) in [6.07, 6.45) is 0.716. The van der Waals surface area contributed by atoms with E-state index < -0.39 is 22.0 Å². The van der Waals surface area contributed by atoms with Crippen molar-refractivity contribution in [1.29, 1.82) is 0 Å². The molecular weight excluding hydrogens is 416 g/mol. The van der Waals surface area contributed by atoms with Crippen molar-refractivity contribution in [3.63, 3.8) is 0 Å². The van der Waals surface area contributed by atoms with Crippen LogP contribution in [0.5, 0.6) is 11.5 Å². The fraction of sp³-hybridized carbons (Fsp3) is 0.350. The van der Waals surface area contributed by atoms with Gasteiger partial charge in [-0.1, -0.05) is 31.5 Å². The minimum atomic E-state index is -3.97. The van der Waals surface area contributed by atoms with Crippen LogP contribution in [-0.2, 0) is 14.8 Å². The minimum absolute atomic E-state index is 0.00274. The van der Waals surface area contributed by atoms with Gasteiger partial charge in [-0.15, -0.1) is 0 Å². The van der Waals surface area contributed by atoms with Gasteiger partial charge in [-0.05, 0) is 36.2 Å². The van der Waals surface area contributed by atoms with Gasteiger partial charge in [-0.2, -0.15) is 4.72 Å². The van der Waals surface area contributed by atoms with E-state index in [1.807, 2.05) is 0 Å². The zero-order valence-electron chi connectivity index (χ0n) is 16.1. The van der Waals surface area contributed by atoms with Gasteiger partial charge < -0.3 is 14.8 Å². The number of hydrogen-bond donors (Lipinski definition) is 2. The number of halogens is 1. The second kappa shape index (κ2) is 9.02. The highest BCUT2D eigenvalue weighted by Crippen LogP contribution is 2.32. The van der Waals surface area contributed by atoms with Crippen LogP contribution in [0.4, 0.5) is 5.69 Å². The molecule has 7 nitrogen and oxygen atoms in total. The number of anilines is 1. The van der Waals surface area contributed by atoms with Crippen molar-refractivity contribution in [2.45, 2.75) is 31.2 Å². The maximum atomic E-state index is 12.9. The van der Waals surface area contributed by atoms with E-state index in [1.165, 1.54) is 12.1 Å². The molecule has 3 rings (SSSR count). The molecule has 1 amide bonds. The quantitative estimate of drug-likeness (QED) is 0.720. The number of fused-ring (bicyclic) bond motifs is 1. The second-order valence-corrected chi connectivity index (χ2v) is 9.15. The molecule has 29 heavy (non-hydrogen) atoms. The van der Waals surface area contributed by atoms with E-state index in [0.29, 0.717) is 41.8 Å². The van der Waals surface area contributed by atoms with E-state index in [-0.39, 0.29) is 10.8 Å². The highest BCUT2D eigenvalue weighted by atomic mass is 35.5. The molecule has 1 aliphatic heterocycles. The summed E-state index contributed by atoms with van der Waals surface area (Å²) in [5, 5.41) is 3.17. The number of amides is 1. The number of ether oxygens (including phenoxy) is 2. The summed E-state index contributed by atoms with van der Waals surface area (Å²) in [7, 11) is -3.97. The molecule has 0 aromatic heterocycles. The molecule has 0 saturated carbocycles. The van der Waals surface area contributed by atoms with Crippen molar-refractivity contribution in [1.82, 2.24) is 4.72 Å². The molecule has 9 heteroatoms. The molecule has 1 heterocycles. The van der Waals surface area contributed by atoms with Crippen molar-refractivity contribution >= 4 is 33.2 Å². The normalized spacial score (nSPS) is 14.9. The number of benzene rings is 2. The zero-order valence-corrected chi connectivity index (χ0v) is 17.7. The lowest BCUT2D eigenvalue weighted by Crippen LogP contribution is -2.47. The molecule has 1 unspecified atom stereocenters. The molecule has 156 valence electrons. The first-order valence-corrected chi connectivity index (χ1v) is 11.1. The summed E-state index contributed by atoms with van der Waals surface area (Å²) in [5.41, 5.74) is 0.489. The van der Waals surface area contributed by atoms with Crippen molar-refractivity contribution in [2.24, 2.45) is 5.92 Å². The minimum Gasteiger partial charge on any atom is -0.490 e. The van der Waals surface area contributed by atoms with Gasteiger partial charge >= 0.3 is 0 Å². The Balaban J connectivity index is 1.80. The van der Waals surface area contributed by atoms with Crippen LogP contribution in [0.15, 0.2) is 47.4 Å². The standard InChI is InChI=1S/C20H23ClN2O5S/c1-13(2)19(20(24)22-15-6-3-5-14(21)11-15)23-29(25,26)16-7-8-17-18(12-16)28-10-4-9-27-17/h3,5-8,11-13,19,23H,4,9-10H2,1-2H3,(H,22,24). The highest BCUT2D eigenvalue weighted by Gasteiger charge is 2.29. The van der Waals surface area contributed by atoms with Gasteiger partial charge in [0.15, 0.2) is 11.5 Å². The molecule has 0 saturated heterocycles. The monoisotopic (exact) mass is 438 g/mol. The maximum Gasteiger partial charge on any atom is 0.242 e. The molecule has 2 aromatic rings. The number of carbonyl (C=O) groups is 1. The average Bonchev–Trinajstić information content (AvgIpc) is 2.90. The number of hydrogen-bond acceptors (Lipinski definition) is 5. The van der Waals surface area contributed by atoms with Crippen LogP contribution in [0.3, 0.4) is 0 Å². The van der Waals surface area contributed by atoms with Crippen LogP contribution < -0.4 is 19.5 Å². The predicted octanol–water partition coefficient (Wildman–Crippen LogP) is 3.44. The smallest absolute Gasteiger partial charge is 0.242 e. The van der Waals surface area contributed by atoms with Crippen molar-refractivity contribution in [3.05, 3.63) is 47.5 Å². The molecule has 1 aliphatic rings. The third kappa shape index (κ3) is 5.41. The number of rotatable bonds is 6. The van der Waals surface area contributed by atoms with Crippen LogP contribution in [0.25, 0.3) is 0 Å². The van der Waals surface area contributed by atoms with Gasteiger partial charge in [0.25, 0.3) is 0 Å². The molecule has 0 spiro atoms. The van der Waals surface area contributed by atoms with Crippen molar-refractivity contribution in [3.8, 4) is 11.5 Å². The van der Waals surface area contributed by atoms with Crippen LogP contribution >= 0.6 is 11.6 Å². The SMILES string of the molecule is CC(C)C(NS(=O)(=O)c1ccc2c(c1)OCCCO2)C(=O)Nc1cccc(Cl)c1. The summed E-state index contributed by atoms with van der Waals surface area (Å²) >= 11 is 5.94. The van der Waals surface area contributed by atoms with Crippen LogP contribution in [-0.4, -0.2) is 33.6 Å². The van der Waals surface area contributed by atoms with Gasteiger partial charge in [0.1, 0.15) is 6.04 Å². The summed E-state index contributed by atoms with van der Waals surface area (Å²) in [6, 6.07) is 10.1. The zero-order chi connectivity index (χ0) is 21.0. The fourth-order valence-corrected chi connectivity index (χ4v) is 4.37. The molecule has 0 fully saturated rings. The Hall–Kier alpha value is -2.29. The lowest BCUT2D eigenvalue weighted by Gasteiger charge is -2.22. The first kappa shape index (κ1) is 21.4. The molecule has 1 atom stereocenters. The molecule has 0 radical (unpaired) electrons. The molecule has 0 bridgehead atoms. The van der Waals surface area contributed by atoms with E-state index >= 15 is 0 Å². The van der Waals surface area contributed by atoms with Gasteiger partial charge in [-0.25, -0.2) is 8.42 Å². The van der Waals surface area contributed by atoms with E-state index in [4.69, 9.17) is 21.1 Å². The van der Waals surface area contributed by atoms with Crippen LogP contribution in [0.2, 0.25) is 5.02 Å². The summed E-state index contributed by atoms with van der Waals surface area (Å²) < 4.78 is 39.4. The van der Waals surface area contributed by atoms with Crippen LogP contribution in [0, 0.1) is 5.92 Å². The summed E-state index contributed by atoms with van der Waals surface area (Å²) in [5.74, 6) is 0.111. The second-order valence-electron chi connectivity index (χ2n) is 7.00. The fourth-order valence-electron chi connectivity index (χ4n) is 2.82. The Morgan fingerprint density at radius 1 is 1.07 bits per heavy atom. The summed E-state index contributed by atoms with van der Waals surface area (Å²) in [6.45, 7) is 4.48. The first-order valence-electron chi connectivity index (χ1n) is 9.25. The molecular formula is C20H23ClN2O5S. The van der Waals surface area contributed by atoms with Gasteiger partial charge in [0.05, 0.1) is 18.1 Å². The lowest BCUT2D eigenvalue weighted by molar-refractivity contribution is -0.118. The number of carbonyl (C=O) groups excluding carboxylic acids is 1. The maximum absolute atomic E-state index is 12.9. The van der Waals surface area contributed by atoms with Gasteiger partial charge in [0, 0.05) is 23.2 Å². The largest absolute Gasteiger partial charge is 0.490 e. The average molecular weight is 439 g/mol. The molecule has 2 N–H and O–H groups in total. The number of nitrogens with one attached hydrogen (secondary N) is 2. The van der Waals surface area contributed by atoms with E-state index in [9.17, 15) is 13.2 Å². The van der Waals surface area contributed by atoms with Gasteiger partial charge in [-0.3, -0.25) is 4.79 Å². The highest BCUT2D eigenvalue weighted by molar-refractivity contribution is 7.89. The Bertz CT molecular complexity index is 994. The topological polar surface area (TPSA) is 93.7 Å². The van der Waals surface area contributed by atoms with Gasteiger partial charge in [0.2, 0.25) is 15.9 Å². The Labute approximate surface area is 175 Å². The third-order valence-corrected chi connectivity index (χ3v) is 6.03. The number of sulfonamides is 1. The van der Waals surface area contributed by atoms with E-state index in [1.54, 1.807) is 44.2 Å². The van der Waals surface area contributed by atoms with Crippen molar-refractivity contribution in [2.75, 3.05) is 18.5 Å². The van der Waals surface area contributed by atoms with Crippen LogP contribution in [0.1, 0.15) is 20.3 Å². The first-order chi connectivity index (χ1) is 13.8. The van der Waals surface area contributed by atoms with E-state index in [2.05, 4.69) is 10.0 Å².